The predicted octanol–water partition coefficient (Wildman–Crippen LogP) is 3.45. The third kappa shape index (κ3) is 5.53. The molecular weight excluding hydrogens is 332 g/mol. The van der Waals surface area contributed by atoms with Gasteiger partial charge in [-0.05, 0) is 36.8 Å². The molecule has 3 rings (SSSR count). The number of ether oxygens (including phenoxy) is 4. The van der Waals surface area contributed by atoms with Gasteiger partial charge in [-0.3, -0.25) is 4.79 Å². The highest BCUT2D eigenvalue weighted by molar-refractivity contribution is 5.76. The number of benzene rings is 1. The second-order valence-corrected chi connectivity index (χ2v) is 7.79. The minimum atomic E-state index is -0.472. The lowest BCUT2D eigenvalue weighted by atomic mass is 9.77. The lowest BCUT2D eigenvalue weighted by Crippen LogP contribution is -2.31. The number of rotatable bonds is 11. The molecule has 2 fully saturated rings. The van der Waals surface area contributed by atoms with Gasteiger partial charge in [-0.15, -0.1) is 0 Å². The second kappa shape index (κ2) is 8.51. The largest absolute Gasteiger partial charge is 0.462 e. The first-order valence-electron chi connectivity index (χ1n) is 9.57. The number of carbonyl (C=O) groups excluding carboxylic acids is 1. The molecule has 2 aliphatic heterocycles. The standard InChI is InChI=1S/C21H30O5/c1-4-21(3,20(22)26-14-19-13-25-19)9-15(2)17-7-5-16(6-8-17)10-23-11-18-12-24-18/h5-8,15,18-19H,4,9-14H2,1-3H3. The number of hydrogen-bond donors (Lipinski definition) is 0. The van der Waals surface area contributed by atoms with Gasteiger partial charge in [0.05, 0.1) is 31.8 Å². The maximum absolute atomic E-state index is 12.5. The Kier molecular flexibility index (Phi) is 6.33. The first-order chi connectivity index (χ1) is 12.5. The van der Waals surface area contributed by atoms with Crippen LogP contribution < -0.4 is 0 Å². The van der Waals surface area contributed by atoms with Crippen molar-refractivity contribution in [3.05, 3.63) is 35.4 Å². The van der Waals surface area contributed by atoms with Crippen LogP contribution in [0.5, 0.6) is 0 Å². The zero-order chi connectivity index (χ0) is 18.6. The number of esters is 1. The molecule has 144 valence electrons. The van der Waals surface area contributed by atoms with Crippen LogP contribution in [0.4, 0.5) is 0 Å². The Morgan fingerprint density at radius 1 is 1.19 bits per heavy atom. The zero-order valence-electron chi connectivity index (χ0n) is 16.0. The molecule has 0 radical (unpaired) electrons. The normalized spacial score (nSPS) is 24.6. The molecule has 2 saturated heterocycles. The summed E-state index contributed by atoms with van der Waals surface area (Å²) in [6, 6.07) is 8.48. The summed E-state index contributed by atoms with van der Waals surface area (Å²) < 4.78 is 21.3. The monoisotopic (exact) mass is 362 g/mol. The summed E-state index contributed by atoms with van der Waals surface area (Å²) in [5, 5.41) is 0. The molecule has 0 saturated carbocycles. The molecule has 0 N–H and O–H groups in total. The van der Waals surface area contributed by atoms with Crippen molar-refractivity contribution in [2.45, 2.75) is 58.3 Å². The van der Waals surface area contributed by atoms with Gasteiger partial charge in [-0.25, -0.2) is 0 Å². The number of hydrogen-bond acceptors (Lipinski definition) is 5. The van der Waals surface area contributed by atoms with Crippen molar-refractivity contribution in [2.75, 3.05) is 26.4 Å². The summed E-state index contributed by atoms with van der Waals surface area (Å²) in [4.78, 5) is 12.5. The van der Waals surface area contributed by atoms with Gasteiger partial charge in [0.1, 0.15) is 18.8 Å². The van der Waals surface area contributed by atoms with E-state index in [-0.39, 0.29) is 18.0 Å². The average Bonchev–Trinajstić information content (AvgIpc) is 3.54. The van der Waals surface area contributed by atoms with Gasteiger partial charge in [0.15, 0.2) is 0 Å². The highest BCUT2D eigenvalue weighted by atomic mass is 16.6. The van der Waals surface area contributed by atoms with Crippen molar-refractivity contribution in [2.24, 2.45) is 5.41 Å². The zero-order valence-corrected chi connectivity index (χ0v) is 16.0. The SMILES string of the molecule is CCC(C)(CC(C)c1ccc(COCC2CO2)cc1)C(=O)OCC1CO1. The molecule has 26 heavy (non-hydrogen) atoms. The Bertz CT molecular complexity index is 591. The van der Waals surface area contributed by atoms with Crippen molar-refractivity contribution in [1.82, 2.24) is 0 Å². The first-order valence-corrected chi connectivity index (χ1v) is 9.57. The summed E-state index contributed by atoms with van der Waals surface area (Å²) in [5.41, 5.74) is 1.92. The number of carbonyl (C=O) groups is 1. The molecule has 0 bridgehead atoms. The van der Waals surface area contributed by atoms with Gasteiger partial charge in [-0.1, -0.05) is 38.1 Å². The molecule has 2 heterocycles. The van der Waals surface area contributed by atoms with Crippen molar-refractivity contribution in [3.8, 4) is 0 Å². The van der Waals surface area contributed by atoms with E-state index in [9.17, 15) is 4.79 Å². The van der Waals surface area contributed by atoms with E-state index in [0.717, 1.165) is 25.0 Å². The second-order valence-electron chi connectivity index (χ2n) is 7.79. The van der Waals surface area contributed by atoms with E-state index in [1.165, 1.54) is 5.56 Å². The Hall–Kier alpha value is -1.43. The molecule has 0 spiro atoms. The summed E-state index contributed by atoms with van der Waals surface area (Å²) in [6.07, 6.45) is 1.94. The third-order valence-electron chi connectivity index (χ3n) is 5.36. The fourth-order valence-electron chi connectivity index (χ4n) is 3.09. The Labute approximate surface area is 156 Å². The summed E-state index contributed by atoms with van der Waals surface area (Å²) in [6.45, 7) is 9.40. The topological polar surface area (TPSA) is 60.6 Å². The molecule has 4 unspecified atom stereocenters. The molecule has 0 aliphatic carbocycles. The lowest BCUT2D eigenvalue weighted by Gasteiger charge is -2.29. The average molecular weight is 362 g/mol. The van der Waals surface area contributed by atoms with Crippen LogP contribution in [0.25, 0.3) is 0 Å². The van der Waals surface area contributed by atoms with E-state index in [2.05, 4.69) is 31.2 Å². The van der Waals surface area contributed by atoms with Crippen LogP contribution in [-0.2, 0) is 30.3 Å². The quantitative estimate of drug-likeness (QED) is 0.446. The van der Waals surface area contributed by atoms with Crippen LogP contribution in [0.3, 0.4) is 0 Å². The molecule has 0 amide bonds. The highest BCUT2D eigenvalue weighted by Crippen LogP contribution is 2.36. The molecule has 1 aromatic carbocycles. The molecule has 5 nitrogen and oxygen atoms in total. The van der Waals surface area contributed by atoms with Crippen LogP contribution in [0.2, 0.25) is 0 Å². The van der Waals surface area contributed by atoms with Gasteiger partial charge in [0.2, 0.25) is 0 Å². The Balaban J connectivity index is 1.50. The Morgan fingerprint density at radius 2 is 1.81 bits per heavy atom. The van der Waals surface area contributed by atoms with E-state index >= 15 is 0 Å². The Morgan fingerprint density at radius 3 is 2.38 bits per heavy atom. The van der Waals surface area contributed by atoms with Crippen LogP contribution in [-0.4, -0.2) is 44.6 Å². The fourth-order valence-corrected chi connectivity index (χ4v) is 3.09. The number of epoxide rings is 2. The van der Waals surface area contributed by atoms with Crippen LogP contribution in [0.1, 0.15) is 50.7 Å². The van der Waals surface area contributed by atoms with Crippen LogP contribution >= 0.6 is 0 Å². The van der Waals surface area contributed by atoms with Gasteiger partial charge < -0.3 is 18.9 Å². The molecule has 2 aliphatic rings. The van der Waals surface area contributed by atoms with Crippen molar-refractivity contribution in [3.63, 3.8) is 0 Å². The molecule has 4 atom stereocenters. The van der Waals surface area contributed by atoms with E-state index in [1.807, 2.05) is 13.8 Å². The fraction of sp³-hybridized carbons (Fsp3) is 0.667. The lowest BCUT2D eigenvalue weighted by molar-refractivity contribution is -0.156. The van der Waals surface area contributed by atoms with Crippen LogP contribution in [0.15, 0.2) is 24.3 Å². The molecular formula is C21H30O5. The summed E-state index contributed by atoms with van der Waals surface area (Å²) >= 11 is 0. The highest BCUT2D eigenvalue weighted by Gasteiger charge is 2.36. The van der Waals surface area contributed by atoms with Gasteiger partial charge in [-0.2, -0.15) is 0 Å². The van der Waals surface area contributed by atoms with Crippen molar-refractivity contribution < 1.29 is 23.7 Å². The van der Waals surface area contributed by atoms with E-state index < -0.39 is 5.41 Å². The van der Waals surface area contributed by atoms with Gasteiger partial charge >= 0.3 is 5.97 Å². The summed E-state index contributed by atoms with van der Waals surface area (Å²) in [7, 11) is 0. The predicted molar refractivity (Wildman–Crippen MR) is 98.0 cm³/mol. The van der Waals surface area contributed by atoms with Crippen LogP contribution in [0, 0.1) is 5.41 Å². The molecule has 1 aromatic rings. The molecule has 5 heteroatoms. The maximum atomic E-state index is 12.5. The first kappa shape index (κ1) is 19.3. The van der Waals surface area contributed by atoms with E-state index in [1.54, 1.807) is 0 Å². The minimum Gasteiger partial charge on any atom is -0.462 e. The van der Waals surface area contributed by atoms with E-state index in [4.69, 9.17) is 18.9 Å². The van der Waals surface area contributed by atoms with Crippen molar-refractivity contribution in [1.29, 1.82) is 0 Å². The molecule has 0 aromatic heterocycles. The minimum absolute atomic E-state index is 0.110. The smallest absolute Gasteiger partial charge is 0.311 e. The van der Waals surface area contributed by atoms with Gasteiger partial charge in [0, 0.05) is 0 Å². The van der Waals surface area contributed by atoms with Gasteiger partial charge in [0.25, 0.3) is 0 Å². The summed E-state index contributed by atoms with van der Waals surface area (Å²) in [5.74, 6) is 0.161. The van der Waals surface area contributed by atoms with Crippen molar-refractivity contribution >= 4 is 5.97 Å². The third-order valence-corrected chi connectivity index (χ3v) is 5.36. The van der Waals surface area contributed by atoms with E-state index in [0.29, 0.717) is 32.5 Å². The maximum Gasteiger partial charge on any atom is 0.311 e.